The SMILES string of the molecule is CCC1CCC(N2CCCCC2CCO)CC1. The molecular weight excluding hydrogens is 210 g/mol. The number of hydrogen-bond donors (Lipinski definition) is 1. The predicted molar refractivity (Wildman–Crippen MR) is 72.1 cm³/mol. The Morgan fingerprint density at radius 3 is 2.47 bits per heavy atom. The molecule has 2 rings (SSSR count). The Bertz CT molecular complexity index is 209. The minimum atomic E-state index is 0.367. The van der Waals surface area contributed by atoms with Gasteiger partial charge in [-0.05, 0) is 57.4 Å². The van der Waals surface area contributed by atoms with E-state index in [1.807, 2.05) is 0 Å². The molecule has 2 aliphatic rings. The smallest absolute Gasteiger partial charge is 0.0445 e. The van der Waals surface area contributed by atoms with E-state index in [1.54, 1.807) is 0 Å². The van der Waals surface area contributed by atoms with E-state index in [0.29, 0.717) is 12.6 Å². The highest BCUT2D eigenvalue weighted by atomic mass is 16.3. The summed E-state index contributed by atoms with van der Waals surface area (Å²) < 4.78 is 0. The summed E-state index contributed by atoms with van der Waals surface area (Å²) in [6.45, 7) is 3.98. The van der Waals surface area contributed by atoms with E-state index in [9.17, 15) is 5.11 Å². The first-order valence-electron chi connectivity index (χ1n) is 7.71. The second-order valence-electron chi connectivity index (χ2n) is 5.98. The molecule has 2 heteroatoms. The highest BCUT2D eigenvalue weighted by Gasteiger charge is 2.30. The van der Waals surface area contributed by atoms with E-state index in [4.69, 9.17) is 0 Å². The van der Waals surface area contributed by atoms with Gasteiger partial charge < -0.3 is 5.11 Å². The summed E-state index contributed by atoms with van der Waals surface area (Å²) in [5.74, 6) is 0.993. The van der Waals surface area contributed by atoms with Gasteiger partial charge in [0.15, 0.2) is 0 Å². The van der Waals surface area contributed by atoms with Gasteiger partial charge >= 0.3 is 0 Å². The maximum absolute atomic E-state index is 9.19. The number of hydrogen-bond acceptors (Lipinski definition) is 2. The zero-order valence-corrected chi connectivity index (χ0v) is 11.4. The molecule has 1 unspecified atom stereocenters. The molecule has 0 aromatic rings. The average molecular weight is 239 g/mol. The lowest BCUT2D eigenvalue weighted by Crippen LogP contribution is -2.47. The molecule has 100 valence electrons. The van der Waals surface area contributed by atoms with Crippen LogP contribution in [0.3, 0.4) is 0 Å². The van der Waals surface area contributed by atoms with Crippen LogP contribution in [0.2, 0.25) is 0 Å². The van der Waals surface area contributed by atoms with Gasteiger partial charge in [-0.25, -0.2) is 0 Å². The van der Waals surface area contributed by atoms with E-state index in [2.05, 4.69) is 11.8 Å². The second-order valence-corrected chi connectivity index (χ2v) is 5.98. The van der Waals surface area contributed by atoms with Crippen LogP contribution < -0.4 is 0 Å². The average Bonchev–Trinajstić information content (AvgIpc) is 2.40. The Kier molecular flexibility index (Phi) is 5.30. The van der Waals surface area contributed by atoms with E-state index in [0.717, 1.165) is 18.4 Å². The molecular formula is C15H29NO. The van der Waals surface area contributed by atoms with Crippen LogP contribution >= 0.6 is 0 Å². The highest BCUT2D eigenvalue weighted by Crippen LogP contribution is 2.33. The second kappa shape index (κ2) is 6.75. The first kappa shape index (κ1) is 13.4. The first-order chi connectivity index (χ1) is 8.35. The molecule has 0 amide bonds. The van der Waals surface area contributed by atoms with Gasteiger partial charge in [0.05, 0.1) is 0 Å². The number of aliphatic hydroxyl groups excluding tert-OH is 1. The van der Waals surface area contributed by atoms with Gasteiger partial charge in [-0.1, -0.05) is 19.8 Å². The fourth-order valence-electron chi connectivity index (χ4n) is 3.85. The van der Waals surface area contributed by atoms with Gasteiger partial charge in [-0.15, -0.1) is 0 Å². The van der Waals surface area contributed by atoms with Crippen molar-refractivity contribution >= 4 is 0 Å². The zero-order chi connectivity index (χ0) is 12.1. The molecule has 1 aliphatic carbocycles. The molecule has 0 radical (unpaired) electrons. The molecule has 1 heterocycles. The number of likely N-dealkylation sites (tertiary alicyclic amines) is 1. The van der Waals surface area contributed by atoms with E-state index in [-0.39, 0.29) is 0 Å². The summed E-state index contributed by atoms with van der Waals surface area (Å²) in [4.78, 5) is 2.74. The summed E-state index contributed by atoms with van der Waals surface area (Å²) >= 11 is 0. The highest BCUT2D eigenvalue weighted by molar-refractivity contribution is 4.86. The summed E-state index contributed by atoms with van der Waals surface area (Å²) in [7, 11) is 0. The molecule has 0 aromatic heterocycles. The maximum Gasteiger partial charge on any atom is 0.0445 e. The van der Waals surface area contributed by atoms with Gasteiger partial charge in [-0.2, -0.15) is 0 Å². The van der Waals surface area contributed by atoms with Crippen molar-refractivity contribution in [1.82, 2.24) is 4.90 Å². The lowest BCUT2D eigenvalue weighted by Gasteiger charge is -2.44. The van der Waals surface area contributed by atoms with E-state index in [1.165, 1.54) is 57.9 Å². The Labute approximate surface area is 106 Å². The Balaban J connectivity index is 1.86. The Morgan fingerprint density at radius 1 is 1.06 bits per heavy atom. The summed E-state index contributed by atoms with van der Waals surface area (Å²) in [5.41, 5.74) is 0. The minimum absolute atomic E-state index is 0.367. The van der Waals surface area contributed by atoms with Crippen molar-refractivity contribution in [1.29, 1.82) is 0 Å². The Morgan fingerprint density at radius 2 is 1.82 bits per heavy atom. The van der Waals surface area contributed by atoms with Crippen molar-refractivity contribution < 1.29 is 5.11 Å². The third-order valence-corrected chi connectivity index (χ3v) is 5.00. The summed E-state index contributed by atoms with van der Waals surface area (Å²) in [6, 6.07) is 1.51. The molecule has 0 bridgehead atoms. The molecule has 0 spiro atoms. The number of aliphatic hydroxyl groups is 1. The molecule has 2 fully saturated rings. The summed E-state index contributed by atoms with van der Waals surface area (Å²) in [5, 5.41) is 9.19. The quantitative estimate of drug-likeness (QED) is 0.814. The minimum Gasteiger partial charge on any atom is -0.396 e. The first-order valence-corrected chi connectivity index (χ1v) is 7.71. The van der Waals surface area contributed by atoms with Crippen LogP contribution in [0.4, 0.5) is 0 Å². The van der Waals surface area contributed by atoms with Crippen molar-refractivity contribution in [3.8, 4) is 0 Å². The fourth-order valence-corrected chi connectivity index (χ4v) is 3.85. The van der Waals surface area contributed by atoms with Gasteiger partial charge in [0.25, 0.3) is 0 Å². The predicted octanol–water partition coefficient (Wildman–Crippen LogP) is 3.19. The lowest BCUT2D eigenvalue weighted by molar-refractivity contribution is 0.0491. The van der Waals surface area contributed by atoms with Gasteiger partial charge in [0.1, 0.15) is 0 Å². The largest absolute Gasteiger partial charge is 0.396 e. The number of piperidine rings is 1. The number of nitrogens with zero attached hydrogens (tertiary/aromatic N) is 1. The van der Waals surface area contributed by atoms with Crippen LogP contribution in [0.5, 0.6) is 0 Å². The standard InChI is InChI=1S/C15H29NO/c1-2-13-6-8-15(9-7-13)16-11-4-3-5-14(16)10-12-17/h13-15,17H,2-12H2,1H3. The van der Waals surface area contributed by atoms with Crippen LogP contribution in [-0.2, 0) is 0 Å². The van der Waals surface area contributed by atoms with Crippen molar-refractivity contribution in [2.75, 3.05) is 13.2 Å². The van der Waals surface area contributed by atoms with Gasteiger partial charge in [-0.3, -0.25) is 4.90 Å². The van der Waals surface area contributed by atoms with Crippen molar-refractivity contribution in [3.63, 3.8) is 0 Å². The molecule has 2 nitrogen and oxygen atoms in total. The molecule has 0 aromatic carbocycles. The normalized spacial score (nSPS) is 36.0. The van der Waals surface area contributed by atoms with Crippen LogP contribution in [0, 0.1) is 5.92 Å². The van der Waals surface area contributed by atoms with Crippen molar-refractivity contribution in [2.24, 2.45) is 5.92 Å². The van der Waals surface area contributed by atoms with E-state index >= 15 is 0 Å². The van der Waals surface area contributed by atoms with Crippen LogP contribution in [-0.4, -0.2) is 35.2 Å². The zero-order valence-electron chi connectivity index (χ0n) is 11.4. The van der Waals surface area contributed by atoms with Crippen molar-refractivity contribution in [2.45, 2.75) is 76.8 Å². The lowest BCUT2D eigenvalue weighted by atomic mass is 9.82. The Hall–Kier alpha value is -0.0800. The topological polar surface area (TPSA) is 23.5 Å². The van der Waals surface area contributed by atoms with Crippen LogP contribution in [0.15, 0.2) is 0 Å². The molecule has 1 saturated carbocycles. The summed E-state index contributed by atoms with van der Waals surface area (Å²) in [6.07, 6.45) is 12.1. The van der Waals surface area contributed by atoms with Crippen molar-refractivity contribution in [3.05, 3.63) is 0 Å². The van der Waals surface area contributed by atoms with Crippen LogP contribution in [0.25, 0.3) is 0 Å². The number of rotatable bonds is 4. The molecule has 17 heavy (non-hydrogen) atoms. The van der Waals surface area contributed by atoms with Crippen LogP contribution in [0.1, 0.15) is 64.7 Å². The van der Waals surface area contributed by atoms with Gasteiger partial charge in [0, 0.05) is 18.7 Å². The monoisotopic (exact) mass is 239 g/mol. The molecule has 1 aliphatic heterocycles. The fraction of sp³-hybridized carbons (Fsp3) is 1.00. The maximum atomic E-state index is 9.19. The molecule has 1 saturated heterocycles. The molecule has 1 N–H and O–H groups in total. The van der Waals surface area contributed by atoms with Gasteiger partial charge in [0.2, 0.25) is 0 Å². The third-order valence-electron chi connectivity index (χ3n) is 5.00. The van der Waals surface area contributed by atoms with E-state index < -0.39 is 0 Å². The third kappa shape index (κ3) is 3.45. The molecule has 1 atom stereocenters.